The highest BCUT2D eigenvalue weighted by molar-refractivity contribution is 5.30. The molecule has 1 heterocycles. The molecule has 0 amide bonds. The summed E-state index contributed by atoms with van der Waals surface area (Å²) in [4.78, 5) is 3.86. The van der Waals surface area contributed by atoms with Crippen LogP contribution in [-0.4, -0.2) is 11.6 Å². The first-order valence-corrected chi connectivity index (χ1v) is 5.92. The molecule has 2 aromatic rings. The summed E-state index contributed by atoms with van der Waals surface area (Å²) < 4.78 is 42.9. The highest BCUT2D eigenvalue weighted by Gasteiger charge is 2.30. The van der Waals surface area contributed by atoms with Crippen LogP contribution in [0.1, 0.15) is 17.2 Å². The average molecular weight is 282 g/mol. The number of nitrogens with zero attached hydrogens (tertiary/aromatic N) is 1. The van der Waals surface area contributed by atoms with Gasteiger partial charge in [-0.1, -0.05) is 6.07 Å². The van der Waals surface area contributed by atoms with Crippen molar-refractivity contribution in [2.75, 3.05) is 6.61 Å². The topological polar surface area (TPSA) is 48.1 Å². The number of nitrogens with two attached hydrogens (primary N) is 1. The van der Waals surface area contributed by atoms with Crippen LogP contribution in [0.15, 0.2) is 48.8 Å². The second kappa shape index (κ2) is 5.92. The molecule has 1 unspecified atom stereocenters. The number of rotatable bonds is 4. The summed E-state index contributed by atoms with van der Waals surface area (Å²) in [5.74, 6) is 0.143. The zero-order valence-corrected chi connectivity index (χ0v) is 10.5. The molecule has 20 heavy (non-hydrogen) atoms. The van der Waals surface area contributed by atoms with Gasteiger partial charge in [0.05, 0.1) is 11.6 Å². The largest absolute Gasteiger partial charge is 0.492 e. The number of pyridine rings is 1. The first kappa shape index (κ1) is 14.3. The second-order valence-electron chi connectivity index (χ2n) is 4.22. The lowest BCUT2D eigenvalue weighted by molar-refractivity contribution is -0.137. The molecule has 0 aliphatic carbocycles. The van der Waals surface area contributed by atoms with Crippen LogP contribution in [-0.2, 0) is 6.18 Å². The van der Waals surface area contributed by atoms with Crippen molar-refractivity contribution in [1.29, 1.82) is 0 Å². The van der Waals surface area contributed by atoms with Crippen molar-refractivity contribution in [2.24, 2.45) is 5.73 Å². The molecule has 0 saturated carbocycles. The number of ether oxygens (including phenoxy) is 1. The quantitative estimate of drug-likeness (QED) is 0.937. The van der Waals surface area contributed by atoms with E-state index in [1.54, 1.807) is 24.5 Å². The van der Waals surface area contributed by atoms with E-state index in [1.807, 2.05) is 0 Å². The number of hydrogen-bond acceptors (Lipinski definition) is 3. The fraction of sp³-hybridized carbons (Fsp3) is 0.214. The van der Waals surface area contributed by atoms with Crippen molar-refractivity contribution in [3.63, 3.8) is 0 Å². The minimum Gasteiger partial charge on any atom is -0.492 e. The lowest BCUT2D eigenvalue weighted by Gasteiger charge is -2.14. The molecular weight excluding hydrogens is 269 g/mol. The molecule has 0 spiro atoms. The summed E-state index contributed by atoms with van der Waals surface area (Å²) in [6, 6.07) is 7.77. The first-order chi connectivity index (χ1) is 9.47. The lowest BCUT2D eigenvalue weighted by atomic mass is 10.1. The standard InChI is InChI=1S/C14H13F3N2O/c15-14(16,17)11-2-1-3-12(8-11)20-9-13(18)10-4-6-19-7-5-10/h1-8,13H,9,18H2. The Bertz CT molecular complexity index is 558. The fourth-order valence-corrected chi connectivity index (χ4v) is 1.66. The molecule has 0 aliphatic heterocycles. The monoisotopic (exact) mass is 282 g/mol. The number of aromatic nitrogens is 1. The van der Waals surface area contributed by atoms with Crippen molar-refractivity contribution in [3.8, 4) is 5.75 Å². The smallest absolute Gasteiger partial charge is 0.416 e. The Labute approximate surface area is 114 Å². The van der Waals surface area contributed by atoms with Gasteiger partial charge in [0.15, 0.2) is 0 Å². The first-order valence-electron chi connectivity index (χ1n) is 5.92. The van der Waals surface area contributed by atoms with Crippen LogP contribution in [0.25, 0.3) is 0 Å². The molecule has 1 aromatic heterocycles. The van der Waals surface area contributed by atoms with Crippen LogP contribution in [0.5, 0.6) is 5.75 Å². The Hall–Kier alpha value is -2.08. The van der Waals surface area contributed by atoms with Gasteiger partial charge >= 0.3 is 6.18 Å². The van der Waals surface area contributed by atoms with Crippen LogP contribution in [0.2, 0.25) is 0 Å². The Kier molecular flexibility index (Phi) is 4.24. The van der Waals surface area contributed by atoms with Crippen LogP contribution >= 0.6 is 0 Å². The molecule has 2 N–H and O–H groups in total. The molecule has 1 atom stereocenters. The van der Waals surface area contributed by atoms with Gasteiger partial charge in [-0.3, -0.25) is 4.98 Å². The molecule has 2 rings (SSSR count). The van der Waals surface area contributed by atoms with Crippen molar-refractivity contribution < 1.29 is 17.9 Å². The van der Waals surface area contributed by atoms with Gasteiger partial charge in [0.25, 0.3) is 0 Å². The maximum absolute atomic E-state index is 12.5. The van der Waals surface area contributed by atoms with Gasteiger partial charge in [-0.05, 0) is 35.9 Å². The van der Waals surface area contributed by atoms with Crippen molar-refractivity contribution in [2.45, 2.75) is 12.2 Å². The van der Waals surface area contributed by atoms with Crippen LogP contribution in [0.3, 0.4) is 0 Å². The summed E-state index contributed by atoms with van der Waals surface area (Å²) in [5.41, 5.74) is 5.96. The van der Waals surface area contributed by atoms with Crippen LogP contribution in [0, 0.1) is 0 Å². The van der Waals surface area contributed by atoms with Crippen molar-refractivity contribution >= 4 is 0 Å². The Morgan fingerprint density at radius 1 is 1.15 bits per heavy atom. The molecule has 0 fully saturated rings. The molecule has 106 valence electrons. The molecular formula is C14H13F3N2O. The third-order valence-electron chi connectivity index (χ3n) is 2.73. The molecule has 0 radical (unpaired) electrons. The van der Waals surface area contributed by atoms with E-state index in [2.05, 4.69) is 4.98 Å². The molecule has 3 nitrogen and oxygen atoms in total. The molecule has 6 heteroatoms. The van der Waals surface area contributed by atoms with Gasteiger partial charge in [0.1, 0.15) is 12.4 Å². The van der Waals surface area contributed by atoms with E-state index in [4.69, 9.17) is 10.5 Å². The summed E-state index contributed by atoms with van der Waals surface area (Å²) in [6.07, 6.45) is -1.19. The van der Waals surface area contributed by atoms with Crippen LogP contribution < -0.4 is 10.5 Å². The third kappa shape index (κ3) is 3.71. The average Bonchev–Trinajstić information content (AvgIpc) is 2.45. The van der Waals surface area contributed by atoms with Crippen molar-refractivity contribution in [3.05, 3.63) is 59.9 Å². The Balaban J connectivity index is 2.01. The van der Waals surface area contributed by atoms with E-state index in [9.17, 15) is 13.2 Å². The van der Waals surface area contributed by atoms with Gasteiger partial charge in [-0.25, -0.2) is 0 Å². The highest BCUT2D eigenvalue weighted by Crippen LogP contribution is 2.31. The molecule has 0 saturated heterocycles. The van der Waals surface area contributed by atoms with Gasteiger partial charge in [0, 0.05) is 12.4 Å². The van der Waals surface area contributed by atoms with E-state index >= 15 is 0 Å². The highest BCUT2D eigenvalue weighted by atomic mass is 19.4. The van der Waals surface area contributed by atoms with Gasteiger partial charge in [0.2, 0.25) is 0 Å². The zero-order chi connectivity index (χ0) is 14.6. The number of hydrogen-bond donors (Lipinski definition) is 1. The van der Waals surface area contributed by atoms with Crippen molar-refractivity contribution in [1.82, 2.24) is 4.98 Å². The van der Waals surface area contributed by atoms with Gasteiger partial charge in [-0.2, -0.15) is 13.2 Å². The third-order valence-corrected chi connectivity index (χ3v) is 2.73. The lowest BCUT2D eigenvalue weighted by Crippen LogP contribution is -2.19. The summed E-state index contributed by atoms with van der Waals surface area (Å²) >= 11 is 0. The fourth-order valence-electron chi connectivity index (χ4n) is 1.66. The predicted octanol–water partition coefficient (Wildman–Crippen LogP) is 3.18. The summed E-state index contributed by atoms with van der Waals surface area (Å²) in [5, 5.41) is 0. The normalized spacial score (nSPS) is 13.0. The van der Waals surface area contributed by atoms with Gasteiger partial charge < -0.3 is 10.5 Å². The van der Waals surface area contributed by atoms with Gasteiger partial charge in [-0.15, -0.1) is 0 Å². The molecule has 0 aliphatic rings. The van der Waals surface area contributed by atoms with E-state index in [0.29, 0.717) is 0 Å². The molecule has 1 aromatic carbocycles. The van der Waals surface area contributed by atoms with E-state index in [-0.39, 0.29) is 12.4 Å². The SMILES string of the molecule is NC(COc1cccc(C(F)(F)F)c1)c1ccncc1. The summed E-state index contributed by atoms with van der Waals surface area (Å²) in [6.45, 7) is 0.0886. The number of alkyl halides is 3. The molecule has 0 bridgehead atoms. The maximum Gasteiger partial charge on any atom is 0.416 e. The Morgan fingerprint density at radius 2 is 1.85 bits per heavy atom. The predicted molar refractivity (Wildman–Crippen MR) is 68.1 cm³/mol. The number of benzene rings is 1. The Morgan fingerprint density at radius 3 is 2.50 bits per heavy atom. The van der Waals surface area contributed by atoms with E-state index in [0.717, 1.165) is 17.7 Å². The number of halogens is 3. The van der Waals surface area contributed by atoms with E-state index < -0.39 is 17.8 Å². The minimum absolute atomic E-state index is 0.0886. The van der Waals surface area contributed by atoms with E-state index in [1.165, 1.54) is 12.1 Å². The maximum atomic E-state index is 12.5. The minimum atomic E-state index is -4.38. The zero-order valence-electron chi connectivity index (χ0n) is 10.5. The summed E-state index contributed by atoms with van der Waals surface area (Å²) in [7, 11) is 0. The second-order valence-corrected chi connectivity index (χ2v) is 4.22. The van der Waals surface area contributed by atoms with Crippen LogP contribution in [0.4, 0.5) is 13.2 Å².